The number of sulfonamides is 1. The van der Waals surface area contributed by atoms with Crippen molar-refractivity contribution in [2.45, 2.75) is 92.5 Å². The number of carbonyl (C=O) groups is 1. The maximum Gasteiger partial charge on any atom is 0.298 e. The number of piperidine rings is 1. The Morgan fingerprint density at radius 1 is 0.812 bits per heavy atom. The van der Waals surface area contributed by atoms with Crippen molar-refractivity contribution in [1.82, 2.24) is 9.62 Å². The van der Waals surface area contributed by atoms with Crippen LogP contribution in [0, 0.1) is 0 Å². The summed E-state index contributed by atoms with van der Waals surface area (Å²) in [5.41, 5.74) is 5.65. The molecule has 11 heteroatoms. The number of benzene rings is 4. The fourth-order valence-corrected chi connectivity index (χ4v) is 8.65. The van der Waals surface area contributed by atoms with Crippen LogP contribution in [-0.2, 0) is 20.7 Å². The van der Waals surface area contributed by atoms with Gasteiger partial charge >= 0.3 is 0 Å². The van der Waals surface area contributed by atoms with Gasteiger partial charge in [-0.25, -0.2) is 8.42 Å². The van der Waals surface area contributed by atoms with Crippen LogP contribution in [0.25, 0.3) is 10.8 Å². The van der Waals surface area contributed by atoms with Crippen molar-refractivity contribution in [2.24, 2.45) is 5.73 Å². The number of ether oxygens (including phenoxy) is 2. The molecule has 4 aromatic carbocycles. The Bertz CT molecular complexity index is 1890. The molecule has 3 N–H and O–H groups in total. The van der Waals surface area contributed by atoms with Crippen molar-refractivity contribution in [2.75, 3.05) is 0 Å². The zero-order valence-corrected chi connectivity index (χ0v) is 27.3. The second-order valence-electron chi connectivity index (χ2n) is 13.2. The van der Waals surface area contributed by atoms with E-state index < -0.39 is 33.5 Å². The molecule has 0 radical (unpaired) electrons. The van der Waals surface area contributed by atoms with Crippen molar-refractivity contribution >= 4 is 26.7 Å². The van der Waals surface area contributed by atoms with Gasteiger partial charge in [0.05, 0.1) is 11.0 Å². The first-order chi connectivity index (χ1) is 23.1. The van der Waals surface area contributed by atoms with E-state index in [0.29, 0.717) is 42.6 Å². The molecule has 3 atom stereocenters. The smallest absolute Gasteiger partial charge is 0.298 e. The number of nitrogens with zero attached hydrogens (tertiary/aromatic N) is 1. The number of halogens is 2. The number of hydrogen-bond acceptors (Lipinski definition) is 6. The lowest BCUT2D eigenvalue weighted by molar-refractivity contribution is -0.149. The number of hydrogen-bond donors (Lipinski definition) is 2. The Hall–Kier alpha value is -4.06. The van der Waals surface area contributed by atoms with Crippen LogP contribution >= 0.6 is 0 Å². The van der Waals surface area contributed by atoms with Gasteiger partial charge in [-0.3, -0.25) is 4.79 Å². The Labute approximate surface area is 279 Å². The Morgan fingerprint density at radius 3 is 2.21 bits per heavy atom. The third-order valence-corrected chi connectivity index (χ3v) is 11.2. The molecule has 1 amide bonds. The fraction of sp³-hybridized carbons (Fsp3) is 0.378. The third-order valence-electron chi connectivity index (χ3n) is 9.80. The molecule has 8 nitrogen and oxygen atoms in total. The monoisotopic (exact) mass is 675 g/mol. The molecular weight excluding hydrogens is 636 g/mol. The maximum atomic E-state index is 16.7. The molecule has 48 heavy (non-hydrogen) atoms. The summed E-state index contributed by atoms with van der Waals surface area (Å²) in [4.78, 5) is 15.4. The Morgan fingerprint density at radius 2 is 1.48 bits per heavy atom. The van der Waals surface area contributed by atoms with E-state index in [4.69, 9.17) is 15.2 Å². The molecule has 0 aromatic heterocycles. The minimum atomic E-state index is -4.60. The van der Waals surface area contributed by atoms with E-state index in [9.17, 15) is 13.2 Å². The van der Waals surface area contributed by atoms with E-state index in [1.807, 2.05) is 6.07 Å². The van der Waals surface area contributed by atoms with E-state index >= 15 is 8.78 Å². The minimum Gasteiger partial charge on any atom is -0.490 e. The highest BCUT2D eigenvalue weighted by Gasteiger charge is 2.53. The van der Waals surface area contributed by atoms with Gasteiger partial charge in [-0.15, -0.1) is 0 Å². The number of nitrogens with one attached hydrogen (secondary N) is 1. The SMILES string of the molecule is NC1CC2CCC(C1)N2C(=O)C(NS(=O)(=O)c1ccc2cc(OC3CCCC3)ccc2c1)C(F)(F)c1cccc(Oc2ccccc2)c1. The molecule has 252 valence electrons. The van der Waals surface area contributed by atoms with Gasteiger partial charge in [0.2, 0.25) is 15.9 Å². The van der Waals surface area contributed by atoms with Crippen LogP contribution in [0.2, 0.25) is 0 Å². The molecular formula is C37H39F2N3O5S. The topological polar surface area (TPSA) is 111 Å². The van der Waals surface area contributed by atoms with Crippen LogP contribution in [0.5, 0.6) is 17.2 Å². The summed E-state index contributed by atoms with van der Waals surface area (Å²) in [6, 6.07) is 20.5. The molecule has 1 aliphatic carbocycles. The van der Waals surface area contributed by atoms with Crippen molar-refractivity contribution in [3.8, 4) is 17.2 Å². The molecule has 2 bridgehead atoms. The number of rotatable bonds is 10. The minimum absolute atomic E-state index is 0.127. The molecule has 2 saturated heterocycles. The van der Waals surface area contributed by atoms with Crippen LogP contribution in [0.4, 0.5) is 8.78 Å². The average molecular weight is 676 g/mol. The van der Waals surface area contributed by atoms with Crippen LogP contribution in [0.15, 0.2) is 95.9 Å². The molecule has 7 rings (SSSR count). The molecule has 1 saturated carbocycles. The van der Waals surface area contributed by atoms with Gasteiger partial charge in [-0.05, 0) is 111 Å². The van der Waals surface area contributed by atoms with Gasteiger partial charge in [0, 0.05) is 23.7 Å². The standard InChI is InChI=1S/C37H39F2N3O5S/c38-37(39,26-7-6-12-32(21-26)46-30-8-2-1-3-9-30)35(36(43)42-28-15-16-29(42)23-27(40)22-28)41-48(44,45)34-18-14-24-19-33(17-13-25(24)20-34)47-31-10-4-5-11-31/h1-3,6-9,12-14,17-21,27-29,31,35,41H,4-5,10-11,15-16,22-23,40H2. The molecule has 3 unspecified atom stereocenters. The van der Waals surface area contributed by atoms with Crippen LogP contribution in [0.1, 0.15) is 56.9 Å². The predicted molar refractivity (Wildman–Crippen MR) is 179 cm³/mol. The molecule has 0 spiro atoms. The number of fused-ring (bicyclic) bond motifs is 3. The number of para-hydroxylation sites is 1. The lowest BCUT2D eigenvalue weighted by Crippen LogP contribution is -2.60. The summed E-state index contributed by atoms with van der Waals surface area (Å²) < 4.78 is 75.3. The number of alkyl halides is 2. The van der Waals surface area contributed by atoms with Crippen molar-refractivity contribution in [3.63, 3.8) is 0 Å². The number of nitrogens with two attached hydrogens (primary N) is 1. The molecule has 4 aromatic rings. The first-order valence-electron chi connectivity index (χ1n) is 16.6. The lowest BCUT2D eigenvalue weighted by atomic mass is 9.94. The quantitative estimate of drug-likeness (QED) is 0.190. The van der Waals surface area contributed by atoms with Gasteiger partial charge in [0.1, 0.15) is 17.2 Å². The highest BCUT2D eigenvalue weighted by Crippen LogP contribution is 2.41. The number of carbonyl (C=O) groups excluding carboxylic acids is 1. The highest BCUT2D eigenvalue weighted by molar-refractivity contribution is 7.89. The van der Waals surface area contributed by atoms with Crippen LogP contribution in [-0.4, -0.2) is 49.5 Å². The van der Waals surface area contributed by atoms with Gasteiger partial charge < -0.3 is 20.1 Å². The molecule has 3 aliphatic rings. The molecule has 2 aliphatic heterocycles. The fourth-order valence-electron chi connectivity index (χ4n) is 7.43. The second kappa shape index (κ2) is 13.1. The van der Waals surface area contributed by atoms with Crippen molar-refractivity contribution < 1.29 is 31.5 Å². The van der Waals surface area contributed by atoms with Gasteiger partial charge in [0.25, 0.3) is 5.92 Å². The Balaban J connectivity index is 1.20. The number of amides is 1. The Kier molecular flexibility index (Phi) is 8.86. The van der Waals surface area contributed by atoms with Crippen molar-refractivity contribution in [3.05, 3.63) is 96.6 Å². The van der Waals surface area contributed by atoms with E-state index in [1.165, 1.54) is 35.2 Å². The summed E-state index contributed by atoms with van der Waals surface area (Å²) in [6.07, 6.45) is 6.65. The van der Waals surface area contributed by atoms with E-state index in [1.54, 1.807) is 48.5 Å². The van der Waals surface area contributed by atoms with E-state index in [2.05, 4.69) is 4.72 Å². The molecule has 3 fully saturated rings. The third kappa shape index (κ3) is 6.63. The summed E-state index contributed by atoms with van der Waals surface area (Å²) in [5, 5.41) is 1.35. The first-order valence-corrected chi connectivity index (χ1v) is 18.1. The lowest BCUT2D eigenvalue weighted by Gasteiger charge is -2.41. The van der Waals surface area contributed by atoms with Crippen LogP contribution < -0.4 is 19.9 Å². The van der Waals surface area contributed by atoms with Gasteiger partial charge in [-0.2, -0.15) is 13.5 Å². The zero-order chi connectivity index (χ0) is 33.5. The first kappa shape index (κ1) is 32.5. The van der Waals surface area contributed by atoms with Crippen molar-refractivity contribution in [1.29, 1.82) is 0 Å². The largest absolute Gasteiger partial charge is 0.490 e. The maximum absolute atomic E-state index is 16.7. The highest BCUT2D eigenvalue weighted by atomic mass is 32.2. The molecule has 2 heterocycles. The summed E-state index contributed by atoms with van der Waals surface area (Å²) >= 11 is 0. The van der Waals surface area contributed by atoms with Gasteiger partial charge in [-0.1, -0.05) is 42.5 Å². The van der Waals surface area contributed by atoms with E-state index in [0.717, 1.165) is 37.1 Å². The normalized spacial score (nSPS) is 22.1. The van der Waals surface area contributed by atoms with E-state index in [-0.39, 0.29) is 34.9 Å². The average Bonchev–Trinajstić information content (AvgIpc) is 3.69. The summed E-state index contributed by atoms with van der Waals surface area (Å²) in [7, 11) is -4.60. The second-order valence-corrected chi connectivity index (χ2v) is 14.9. The van der Waals surface area contributed by atoms with Gasteiger partial charge in [0.15, 0.2) is 6.04 Å². The summed E-state index contributed by atoms with van der Waals surface area (Å²) in [6.45, 7) is 0. The predicted octanol–water partition coefficient (Wildman–Crippen LogP) is 6.87. The summed E-state index contributed by atoms with van der Waals surface area (Å²) in [5.74, 6) is -3.64. The van der Waals surface area contributed by atoms with Crippen LogP contribution in [0.3, 0.4) is 0 Å². The zero-order valence-electron chi connectivity index (χ0n) is 26.4.